The summed E-state index contributed by atoms with van der Waals surface area (Å²) in [5, 5.41) is 2.54. The largest absolute Gasteiger partial charge is 0.308 e. The molecule has 0 aliphatic carbocycles. The number of anilines is 1. The molecule has 0 saturated carbocycles. The summed E-state index contributed by atoms with van der Waals surface area (Å²) in [6.07, 6.45) is 1.59. The molecule has 0 fully saturated rings. The summed E-state index contributed by atoms with van der Waals surface area (Å²) in [6, 6.07) is 3.47. The van der Waals surface area contributed by atoms with Crippen LogP contribution >= 0.6 is 0 Å². The zero-order chi connectivity index (χ0) is 14.0. The molecule has 4 N–H and O–H groups in total. The Morgan fingerprint density at radius 3 is 2.63 bits per heavy atom. The van der Waals surface area contributed by atoms with Gasteiger partial charge in [0, 0.05) is 17.3 Å². The van der Waals surface area contributed by atoms with Crippen LogP contribution in [0.4, 0.5) is 5.82 Å². The van der Waals surface area contributed by atoms with Crippen molar-refractivity contribution in [3.63, 3.8) is 0 Å². The molecule has 7 nitrogen and oxygen atoms in total. The van der Waals surface area contributed by atoms with E-state index in [2.05, 4.69) is 15.5 Å². The van der Waals surface area contributed by atoms with Crippen LogP contribution in [0.3, 0.4) is 0 Å². The Kier molecular flexibility index (Phi) is 3.48. The van der Waals surface area contributed by atoms with E-state index in [9.17, 15) is 9.59 Å². The second-order valence-corrected chi connectivity index (χ2v) is 4.28. The van der Waals surface area contributed by atoms with Crippen molar-refractivity contribution in [2.45, 2.75) is 20.4 Å². The minimum Gasteiger partial charge on any atom is -0.308 e. The normalized spacial score (nSPS) is 10.5. The van der Waals surface area contributed by atoms with E-state index in [0.29, 0.717) is 16.9 Å². The van der Waals surface area contributed by atoms with Crippen molar-refractivity contribution >= 4 is 5.82 Å². The molecule has 0 aliphatic rings. The molecule has 0 atom stereocenters. The summed E-state index contributed by atoms with van der Waals surface area (Å²) in [5.41, 5.74) is 3.64. The molecule has 100 valence electrons. The number of nitrogens with one attached hydrogen (secondary N) is 2. The number of nitrogen functional groups attached to an aromatic ring is 1. The fraction of sp³-hybridized carbons (Fsp3) is 0.250. The standard InChI is InChI=1S/C12H15N5O2/c1-7-8(2)12(19)17(16-11(7)18)6-9-3-4-10(15-13)14-5-9/h3-5H,6,13H2,1-2H3,(H,14,15)(H,16,18). The lowest BCUT2D eigenvalue weighted by Gasteiger charge is -2.08. The van der Waals surface area contributed by atoms with Crippen LogP contribution in [-0.2, 0) is 6.54 Å². The Balaban J connectivity index is 2.38. The van der Waals surface area contributed by atoms with Crippen LogP contribution in [0.1, 0.15) is 16.7 Å². The highest BCUT2D eigenvalue weighted by Gasteiger charge is 2.07. The number of aromatic amines is 1. The van der Waals surface area contributed by atoms with E-state index in [0.717, 1.165) is 5.56 Å². The van der Waals surface area contributed by atoms with Crippen molar-refractivity contribution in [1.82, 2.24) is 14.8 Å². The molecule has 0 spiro atoms. The lowest BCUT2D eigenvalue weighted by Crippen LogP contribution is -2.33. The SMILES string of the molecule is Cc1c(C)c(=O)n(Cc2ccc(NN)nc2)[nH]c1=O. The Morgan fingerprint density at radius 2 is 2.05 bits per heavy atom. The number of rotatable bonds is 3. The van der Waals surface area contributed by atoms with Crippen LogP contribution in [0.2, 0.25) is 0 Å². The third-order valence-electron chi connectivity index (χ3n) is 3.02. The van der Waals surface area contributed by atoms with Gasteiger partial charge in [0.05, 0.1) is 6.54 Å². The molecule has 0 amide bonds. The van der Waals surface area contributed by atoms with Gasteiger partial charge in [0.1, 0.15) is 5.82 Å². The maximum absolute atomic E-state index is 12.0. The smallest absolute Gasteiger partial charge is 0.268 e. The number of aromatic nitrogens is 3. The van der Waals surface area contributed by atoms with Crippen molar-refractivity contribution in [2.75, 3.05) is 5.43 Å². The number of hydrazine groups is 1. The highest BCUT2D eigenvalue weighted by molar-refractivity contribution is 5.33. The summed E-state index contributed by atoms with van der Waals surface area (Å²) in [6.45, 7) is 3.53. The van der Waals surface area contributed by atoms with Gasteiger partial charge in [0.2, 0.25) is 0 Å². The molecule has 7 heteroatoms. The van der Waals surface area contributed by atoms with Crippen LogP contribution in [0, 0.1) is 13.8 Å². The molecule has 0 bridgehead atoms. The van der Waals surface area contributed by atoms with Crippen molar-refractivity contribution < 1.29 is 0 Å². The highest BCUT2D eigenvalue weighted by atomic mass is 16.2. The van der Waals surface area contributed by atoms with E-state index in [-0.39, 0.29) is 17.7 Å². The topological polar surface area (TPSA) is 106 Å². The van der Waals surface area contributed by atoms with Crippen molar-refractivity contribution in [1.29, 1.82) is 0 Å². The van der Waals surface area contributed by atoms with E-state index < -0.39 is 0 Å². The highest BCUT2D eigenvalue weighted by Crippen LogP contribution is 2.04. The van der Waals surface area contributed by atoms with E-state index in [4.69, 9.17) is 5.84 Å². The molecular weight excluding hydrogens is 246 g/mol. The first-order chi connectivity index (χ1) is 9.02. The summed E-state index contributed by atoms with van der Waals surface area (Å²) in [5.74, 6) is 5.75. The molecule has 0 radical (unpaired) electrons. The molecule has 2 rings (SSSR count). The van der Waals surface area contributed by atoms with Crippen LogP contribution in [0.25, 0.3) is 0 Å². The van der Waals surface area contributed by atoms with Crippen molar-refractivity contribution in [3.05, 3.63) is 55.7 Å². The summed E-state index contributed by atoms with van der Waals surface area (Å²) in [4.78, 5) is 27.7. The third kappa shape index (κ3) is 2.55. The number of nitrogens with two attached hydrogens (primary N) is 1. The molecule has 0 aliphatic heterocycles. The average molecular weight is 261 g/mol. The van der Waals surface area contributed by atoms with Gasteiger partial charge in [-0.1, -0.05) is 6.07 Å². The Morgan fingerprint density at radius 1 is 1.32 bits per heavy atom. The number of nitrogens with zero attached hydrogens (tertiary/aromatic N) is 2. The molecule has 2 aromatic heterocycles. The Bertz CT molecular complexity index is 700. The fourth-order valence-electron chi connectivity index (χ4n) is 1.69. The number of hydrogen-bond donors (Lipinski definition) is 3. The van der Waals surface area contributed by atoms with E-state index >= 15 is 0 Å². The first kappa shape index (κ1) is 13.0. The maximum atomic E-state index is 12.0. The molecule has 2 aromatic rings. The van der Waals surface area contributed by atoms with Crippen LogP contribution in [0.15, 0.2) is 27.9 Å². The number of hydrogen-bond acceptors (Lipinski definition) is 5. The minimum absolute atomic E-state index is 0.210. The Labute approximate surface area is 109 Å². The first-order valence-corrected chi connectivity index (χ1v) is 5.75. The predicted octanol–water partition coefficient (Wildman–Crippen LogP) is -0.118. The molecule has 2 heterocycles. The van der Waals surface area contributed by atoms with Gasteiger partial charge in [0.25, 0.3) is 11.1 Å². The second-order valence-electron chi connectivity index (χ2n) is 4.28. The van der Waals surface area contributed by atoms with Crippen LogP contribution in [0.5, 0.6) is 0 Å². The molecular formula is C12H15N5O2. The van der Waals surface area contributed by atoms with Gasteiger partial charge in [-0.25, -0.2) is 15.5 Å². The van der Waals surface area contributed by atoms with Gasteiger partial charge >= 0.3 is 0 Å². The van der Waals surface area contributed by atoms with E-state index in [1.165, 1.54) is 4.68 Å². The van der Waals surface area contributed by atoms with Gasteiger partial charge in [-0.2, -0.15) is 0 Å². The van der Waals surface area contributed by atoms with Crippen LogP contribution < -0.4 is 22.4 Å². The van der Waals surface area contributed by atoms with Gasteiger partial charge in [0.15, 0.2) is 0 Å². The van der Waals surface area contributed by atoms with Gasteiger partial charge in [-0.3, -0.25) is 14.7 Å². The summed E-state index contributed by atoms with van der Waals surface area (Å²) >= 11 is 0. The molecule has 0 saturated heterocycles. The quantitative estimate of drug-likeness (QED) is 0.527. The molecule has 0 aromatic carbocycles. The van der Waals surface area contributed by atoms with Crippen LogP contribution in [-0.4, -0.2) is 14.8 Å². The van der Waals surface area contributed by atoms with Gasteiger partial charge in [-0.15, -0.1) is 0 Å². The zero-order valence-electron chi connectivity index (χ0n) is 10.7. The second kappa shape index (κ2) is 5.07. The van der Waals surface area contributed by atoms with E-state index in [1.807, 2.05) is 0 Å². The Hall–Kier alpha value is -2.41. The number of pyridine rings is 1. The number of H-pyrrole nitrogens is 1. The van der Waals surface area contributed by atoms with Gasteiger partial charge < -0.3 is 5.43 Å². The summed E-state index contributed by atoms with van der Waals surface area (Å²) < 4.78 is 1.28. The average Bonchev–Trinajstić information content (AvgIpc) is 2.43. The maximum Gasteiger partial charge on any atom is 0.268 e. The lowest BCUT2D eigenvalue weighted by atomic mass is 10.2. The van der Waals surface area contributed by atoms with E-state index in [1.54, 1.807) is 32.2 Å². The zero-order valence-corrected chi connectivity index (χ0v) is 10.7. The third-order valence-corrected chi connectivity index (χ3v) is 3.02. The molecule has 19 heavy (non-hydrogen) atoms. The molecule has 0 unspecified atom stereocenters. The first-order valence-electron chi connectivity index (χ1n) is 5.75. The predicted molar refractivity (Wildman–Crippen MR) is 71.9 cm³/mol. The fourth-order valence-corrected chi connectivity index (χ4v) is 1.69. The minimum atomic E-state index is -0.259. The monoisotopic (exact) mass is 261 g/mol. The van der Waals surface area contributed by atoms with Crippen molar-refractivity contribution in [2.24, 2.45) is 5.84 Å². The van der Waals surface area contributed by atoms with Crippen molar-refractivity contribution in [3.8, 4) is 0 Å². The summed E-state index contributed by atoms with van der Waals surface area (Å²) in [7, 11) is 0. The van der Waals surface area contributed by atoms with Gasteiger partial charge in [-0.05, 0) is 25.5 Å². The lowest BCUT2D eigenvalue weighted by molar-refractivity contribution is 0.617.